The third-order valence-electron chi connectivity index (χ3n) is 5.25. The van der Waals surface area contributed by atoms with Crippen molar-refractivity contribution in [2.45, 2.75) is 11.1 Å². The molecule has 0 atom stereocenters. The zero-order valence-corrected chi connectivity index (χ0v) is 19.0. The molecule has 9 nitrogen and oxygen atoms in total. The Hall–Kier alpha value is -3.07. The normalized spacial score (nSPS) is 15.7. The van der Waals surface area contributed by atoms with Gasteiger partial charge in [0.1, 0.15) is 10.8 Å². The highest BCUT2D eigenvalue weighted by Gasteiger charge is 2.34. The molecule has 1 aromatic carbocycles. The van der Waals surface area contributed by atoms with E-state index < -0.39 is 27.6 Å². The zero-order valence-electron chi connectivity index (χ0n) is 17.4. The van der Waals surface area contributed by atoms with E-state index in [0.717, 1.165) is 6.07 Å². The van der Waals surface area contributed by atoms with Crippen molar-refractivity contribution < 1.29 is 26.3 Å². The first-order valence-corrected chi connectivity index (χ1v) is 12.3. The van der Waals surface area contributed by atoms with Crippen molar-refractivity contribution in [3.05, 3.63) is 48.3 Å². The Labute approximate surface area is 195 Å². The van der Waals surface area contributed by atoms with Crippen molar-refractivity contribution in [1.29, 1.82) is 0 Å². The number of nitrogens with two attached hydrogens (primary N) is 1. The van der Waals surface area contributed by atoms with Gasteiger partial charge in [0.2, 0.25) is 15.0 Å². The lowest BCUT2D eigenvalue weighted by Crippen LogP contribution is -2.40. The zero-order chi connectivity index (χ0) is 24.1. The fourth-order valence-corrected chi connectivity index (χ4v) is 5.86. The summed E-state index contributed by atoms with van der Waals surface area (Å²) in [6.45, 7) is 1.27. The largest absolute Gasteiger partial charge is 0.419 e. The predicted octanol–water partition coefficient (Wildman–Crippen LogP) is 3.14. The quantitative estimate of drug-likeness (QED) is 0.448. The van der Waals surface area contributed by atoms with Gasteiger partial charge in [0.25, 0.3) is 0 Å². The van der Waals surface area contributed by atoms with Crippen LogP contribution in [0.15, 0.2) is 47.6 Å². The molecule has 0 radical (unpaired) electrons. The van der Waals surface area contributed by atoms with E-state index >= 15 is 0 Å². The lowest BCUT2D eigenvalue weighted by molar-refractivity contribution is -0.137. The van der Waals surface area contributed by atoms with Gasteiger partial charge in [-0.3, -0.25) is 0 Å². The molecule has 0 unspecified atom stereocenters. The average Bonchev–Trinajstić information content (AvgIpc) is 3.39. The number of sulfonamides is 1. The van der Waals surface area contributed by atoms with Gasteiger partial charge in [-0.2, -0.15) is 22.6 Å². The van der Waals surface area contributed by atoms with Crippen molar-refractivity contribution >= 4 is 32.1 Å². The average molecular weight is 511 g/mol. The maximum Gasteiger partial charge on any atom is 0.419 e. The first-order chi connectivity index (χ1) is 16.1. The van der Waals surface area contributed by atoms with E-state index in [2.05, 4.69) is 15.1 Å². The summed E-state index contributed by atoms with van der Waals surface area (Å²) in [6.07, 6.45) is -1.93. The van der Waals surface area contributed by atoms with E-state index in [1.54, 1.807) is 18.2 Å². The van der Waals surface area contributed by atoms with Crippen LogP contribution in [-0.4, -0.2) is 58.6 Å². The van der Waals surface area contributed by atoms with E-state index in [-0.39, 0.29) is 29.2 Å². The minimum absolute atomic E-state index is 0.146. The number of halogens is 3. The molecule has 5 rings (SSSR count). The molecular weight excluding hydrogens is 493 g/mol. The second kappa shape index (κ2) is 8.30. The Bertz CT molecular complexity index is 1440. The van der Waals surface area contributed by atoms with Gasteiger partial charge in [0.15, 0.2) is 0 Å². The van der Waals surface area contributed by atoms with Gasteiger partial charge in [0.05, 0.1) is 35.6 Å². The molecule has 14 heteroatoms. The van der Waals surface area contributed by atoms with Crippen molar-refractivity contribution in [3.8, 4) is 21.8 Å². The Morgan fingerprint density at radius 2 is 1.88 bits per heavy atom. The molecule has 0 amide bonds. The molecule has 1 aliphatic heterocycles. The second-order valence-corrected chi connectivity index (χ2v) is 10.4. The number of aromatic nitrogens is 4. The predicted molar refractivity (Wildman–Crippen MR) is 119 cm³/mol. The van der Waals surface area contributed by atoms with Crippen molar-refractivity contribution in [1.82, 2.24) is 23.9 Å². The summed E-state index contributed by atoms with van der Waals surface area (Å²) in [4.78, 5) is 8.57. The number of hydrogen-bond acceptors (Lipinski definition) is 8. The maximum absolute atomic E-state index is 13.2. The summed E-state index contributed by atoms with van der Waals surface area (Å²) in [5, 5.41) is 4.94. The molecule has 0 saturated carbocycles. The van der Waals surface area contributed by atoms with Gasteiger partial charge in [0, 0.05) is 30.4 Å². The molecule has 1 fully saturated rings. The number of hydrogen-bond donors (Lipinski definition) is 1. The van der Waals surface area contributed by atoms with Crippen LogP contribution in [0.25, 0.3) is 26.8 Å². The minimum Gasteiger partial charge on any atom is -0.383 e. The summed E-state index contributed by atoms with van der Waals surface area (Å²) in [5.41, 5.74) is 5.32. The van der Waals surface area contributed by atoms with Crippen molar-refractivity contribution in [2.75, 3.05) is 32.0 Å². The lowest BCUT2D eigenvalue weighted by atomic mass is 10.1. The van der Waals surface area contributed by atoms with Crippen molar-refractivity contribution in [3.63, 3.8) is 0 Å². The SMILES string of the molecule is Nc1ncc(-c2cn3nc(-c4cccc(S(=O)(=O)N5CCOCC5)c4)sc3n2)cc1C(F)(F)F. The third kappa shape index (κ3) is 4.13. The first-order valence-electron chi connectivity index (χ1n) is 10.0. The topological polar surface area (TPSA) is 116 Å². The number of nitrogen functional groups attached to an aromatic ring is 1. The number of morpholine rings is 1. The monoisotopic (exact) mass is 510 g/mol. The molecule has 3 aromatic heterocycles. The highest BCUT2D eigenvalue weighted by atomic mass is 32.2. The van der Waals surface area contributed by atoms with Crippen molar-refractivity contribution in [2.24, 2.45) is 0 Å². The molecule has 0 spiro atoms. The van der Waals surface area contributed by atoms with Crippen LogP contribution in [0.2, 0.25) is 0 Å². The van der Waals surface area contributed by atoms with Gasteiger partial charge in [-0.05, 0) is 18.2 Å². The number of alkyl halides is 3. The number of fused-ring (bicyclic) bond motifs is 1. The van der Waals surface area contributed by atoms with E-state index in [9.17, 15) is 21.6 Å². The second-order valence-electron chi connectivity index (χ2n) is 7.46. The van der Waals surface area contributed by atoms with E-state index in [4.69, 9.17) is 10.5 Å². The fraction of sp³-hybridized carbons (Fsp3) is 0.250. The Morgan fingerprint density at radius 3 is 2.59 bits per heavy atom. The first kappa shape index (κ1) is 22.7. The number of nitrogens with zero attached hydrogens (tertiary/aromatic N) is 5. The van der Waals surface area contributed by atoms with E-state index in [1.165, 1.54) is 38.6 Å². The minimum atomic E-state index is -4.64. The summed E-state index contributed by atoms with van der Waals surface area (Å²) in [6, 6.07) is 7.34. The smallest absolute Gasteiger partial charge is 0.383 e. The van der Waals surface area contributed by atoms with Gasteiger partial charge in [-0.25, -0.2) is 22.9 Å². The highest BCUT2D eigenvalue weighted by molar-refractivity contribution is 7.89. The number of rotatable bonds is 4. The van der Waals surface area contributed by atoms with Crippen LogP contribution in [0.3, 0.4) is 0 Å². The van der Waals surface area contributed by atoms with E-state index in [1.807, 2.05) is 0 Å². The van der Waals surface area contributed by atoms with Crippen LogP contribution >= 0.6 is 11.3 Å². The standard InChI is InChI=1S/C20H17F3N6O3S2/c21-20(22,23)15-9-13(10-25-17(15)24)16-11-29-19(26-16)33-18(27-29)12-2-1-3-14(8-12)34(30,31)28-4-6-32-7-5-28/h1-3,8-11H,4-7H2,(H2,24,25). The molecule has 0 aliphatic carbocycles. The molecule has 1 saturated heterocycles. The number of benzene rings is 1. The number of pyridine rings is 1. The summed E-state index contributed by atoms with van der Waals surface area (Å²) in [7, 11) is -3.67. The summed E-state index contributed by atoms with van der Waals surface area (Å²) in [5.74, 6) is -0.607. The van der Waals surface area contributed by atoms with Crippen LogP contribution < -0.4 is 5.73 Å². The number of imidazole rings is 1. The molecular formula is C20H17F3N6O3S2. The van der Waals surface area contributed by atoms with Gasteiger partial charge in [-0.15, -0.1) is 0 Å². The van der Waals surface area contributed by atoms with Crippen LogP contribution in [-0.2, 0) is 20.9 Å². The molecule has 4 heterocycles. The molecule has 4 aromatic rings. The fourth-order valence-electron chi connectivity index (χ4n) is 3.52. The Balaban J connectivity index is 1.46. The highest BCUT2D eigenvalue weighted by Crippen LogP contribution is 2.35. The van der Waals surface area contributed by atoms with E-state index in [0.29, 0.717) is 28.7 Å². The van der Waals surface area contributed by atoms with Crippen LogP contribution in [0, 0.1) is 0 Å². The maximum atomic E-state index is 13.2. The third-order valence-corrected chi connectivity index (χ3v) is 8.12. The molecule has 34 heavy (non-hydrogen) atoms. The molecule has 1 aliphatic rings. The van der Waals surface area contributed by atoms with Crippen LogP contribution in [0.1, 0.15) is 5.56 Å². The van der Waals surface area contributed by atoms with Crippen LogP contribution in [0.4, 0.5) is 19.0 Å². The summed E-state index contributed by atoms with van der Waals surface area (Å²) >= 11 is 1.18. The molecule has 2 N–H and O–H groups in total. The molecule has 0 bridgehead atoms. The Morgan fingerprint density at radius 1 is 1.12 bits per heavy atom. The number of ether oxygens (including phenoxy) is 1. The molecule has 178 valence electrons. The van der Waals surface area contributed by atoms with Crippen LogP contribution in [0.5, 0.6) is 0 Å². The number of anilines is 1. The van der Waals surface area contributed by atoms with Gasteiger partial charge >= 0.3 is 6.18 Å². The summed E-state index contributed by atoms with van der Waals surface area (Å²) < 4.78 is 73.4. The van der Waals surface area contributed by atoms with Gasteiger partial charge < -0.3 is 10.5 Å². The lowest BCUT2D eigenvalue weighted by Gasteiger charge is -2.26. The Kier molecular flexibility index (Phi) is 5.55. The van der Waals surface area contributed by atoms with Gasteiger partial charge in [-0.1, -0.05) is 23.5 Å².